The van der Waals surface area contributed by atoms with Crippen molar-refractivity contribution >= 4 is 29.8 Å². The lowest BCUT2D eigenvalue weighted by Crippen LogP contribution is -2.70. The number of nitrogens with zero attached hydrogens (tertiary/aromatic N) is 2. The summed E-state index contributed by atoms with van der Waals surface area (Å²) in [5.41, 5.74) is -0.374. The quantitative estimate of drug-likeness (QED) is 0.134. The molecule has 306 valence electrons. The molecule has 0 aromatic heterocycles. The molecule has 4 heterocycles. The molecule has 3 saturated carbocycles. The van der Waals surface area contributed by atoms with Gasteiger partial charge in [0.15, 0.2) is 11.8 Å². The molecule has 4 saturated heterocycles. The van der Waals surface area contributed by atoms with E-state index in [4.69, 9.17) is 33.6 Å². The number of benzene rings is 1. The van der Waals surface area contributed by atoms with Crippen molar-refractivity contribution < 1.29 is 57.9 Å². The Labute approximate surface area is 326 Å². The molecule has 2 bridgehead atoms. The van der Waals surface area contributed by atoms with Gasteiger partial charge in [-0.15, -0.1) is 0 Å². The van der Waals surface area contributed by atoms with Gasteiger partial charge in [-0.3, -0.25) is 24.0 Å². The molecule has 15 nitrogen and oxygen atoms in total. The Morgan fingerprint density at radius 2 is 1.75 bits per heavy atom. The van der Waals surface area contributed by atoms with Crippen LogP contribution in [-0.4, -0.2) is 124 Å². The van der Waals surface area contributed by atoms with E-state index in [2.05, 4.69) is 5.32 Å². The van der Waals surface area contributed by atoms with Crippen molar-refractivity contribution in [2.75, 3.05) is 26.4 Å². The number of aliphatic hydroxyl groups excluding tert-OH is 2. The van der Waals surface area contributed by atoms with Gasteiger partial charge in [0.25, 0.3) is 0 Å². The number of fused-ring (bicyclic) bond motifs is 4. The fourth-order valence-electron chi connectivity index (χ4n) is 9.55. The summed E-state index contributed by atoms with van der Waals surface area (Å²) in [5, 5.41) is 23.6. The lowest BCUT2D eigenvalue weighted by molar-refractivity contribution is -0.235. The number of esters is 2. The normalized spacial score (nSPS) is 32.6. The van der Waals surface area contributed by atoms with Crippen LogP contribution in [0.4, 0.5) is 0 Å². The number of ether oxygens (including phenoxy) is 5. The number of carbonyl (C=O) groups is 4. The number of carbonyl (C=O) groups excluding carboxylic acids is 4. The summed E-state index contributed by atoms with van der Waals surface area (Å²) in [7, 11) is 0. The Kier molecular flexibility index (Phi) is 10.7. The van der Waals surface area contributed by atoms with Gasteiger partial charge in [0.2, 0.25) is 11.8 Å². The van der Waals surface area contributed by atoms with Gasteiger partial charge < -0.3 is 44.1 Å². The highest BCUT2D eigenvalue weighted by Crippen LogP contribution is 2.64. The molecule has 0 spiro atoms. The van der Waals surface area contributed by atoms with Crippen LogP contribution < -0.4 is 5.32 Å². The number of nitrogens with one attached hydrogen (secondary N) is 1. The first kappa shape index (κ1) is 39.2. The maximum absolute atomic E-state index is 15.4. The zero-order chi connectivity index (χ0) is 39.4. The Morgan fingerprint density at radius 3 is 2.41 bits per heavy atom. The summed E-state index contributed by atoms with van der Waals surface area (Å²) in [6, 6.07) is 4.94. The number of hydrogen-bond donors (Lipinski definition) is 3. The number of aliphatic hydroxyl groups is 2. The Balaban J connectivity index is 1.06. The molecular weight excluding hydrogens is 726 g/mol. The van der Waals surface area contributed by atoms with E-state index in [1.54, 1.807) is 36.8 Å². The van der Waals surface area contributed by atoms with E-state index in [1.807, 2.05) is 24.3 Å². The van der Waals surface area contributed by atoms with Crippen LogP contribution in [0.1, 0.15) is 89.7 Å². The van der Waals surface area contributed by atoms with Crippen LogP contribution in [0.5, 0.6) is 0 Å². The predicted octanol–water partition coefficient (Wildman–Crippen LogP) is 2.36. The van der Waals surface area contributed by atoms with E-state index in [0.717, 1.165) is 36.8 Å². The zero-order valence-corrected chi connectivity index (χ0v) is 32.4. The van der Waals surface area contributed by atoms with E-state index in [1.165, 1.54) is 6.26 Å². The predicted molar refractivity (Wildman–Crippen MR) is 196 cm³/mol. The molecule has 8 rings (SSSR count). The summed E-state index contributed by atoms with van der Waals surface area (Å²) in [6.45, 7) is 5.53. The zero-order valence-electron chi connectivity index (χ0n) is 32.4. The number of hydroxylamine groups is 2. The van der Waals surface area contributed by atoms with E-state index in [9.17, 15) is 19.5 Å². The number of rotatable bonds is 15. The first-order valence-corrected chi connectivity index (χ1v) is 20.3. The van der Waals surface area contributed by atoms with Crippen molar-refractivity contribution in [3.8, 4) is 0 Å². The summed E-state index contributed by atoms with van der Waals surface area (Å²) >= 11 is 0. The highest BCUT2D eigenvalue weighted by Gasteiger charge is 2.78. The average molecular weight is 782 g/mol. The van der Waals surface area contributed by atoms with E-state index in [0.29, 0.717) is 19.4 Å². The van der Waals surface area contributed by atoms with Crippen LogP contribution in [0.2, 0.25) is 0 Å². The Bertz CT molecular complexity index is 1680. The lowest BCUT2D eigenvalue weighted by atomic mass is 9.62. The first-order valence-electron chi connectivity index (χ1n) is 20.3. The fourth-order valence-corrected chi connectivity index (χ4v) is 9.55. The van der Waals surface area contributed by atoms with Crippen LogP contribution in [-0.2, 0) is 54.2 Å². The highest BCUT2D eigenvalue weighted by atomic mass is 16.8. The third-order valence-electron chi connectivity index (χ3n) is 12.3. The summed E-state index contributed by atoms with van der Waals surface area (Å²) < 4.78 is 30.7. The van der Waals surface area contributed by atoms with E-state index >= 15 is 4.79 Å². The molecule has 2 amide bonds. The van der Waals surface area contributed by atoms with Gasteiger partial charge in [0.05, 0.1) is 32.1 Å². The number of likely N-dealkylation sites (tertiary alicyclic amines) is 1. The third-order valence-corrected chi connectivity index (χ3v) is 12.3. The van der Waals surface area contributed by atoms with Crippen LogP contribution in [0.15, 0.2) is 30.5 Å². The van der Waals surface area contributed by atoms with E-state index < -0.39 is 83.8 Å². The van der Waals surface area contributed by atoms with Crippen LogP contribution in [0.3, 0.4) is 0 Å². The molecule has 8 unspecified atom stereocenters. The second-order valence-corrected chi connectivity index (χ2v) is 17.5. The smallest absolute Gasteiger partial charge is 0.327 e. The minimum Gasteiger partial charge on any atom is -0.499 e. The molecule has 56 heavy (non-hydrogen) atoms. The van der Waals surface area contributed by atoms with Gasteiger partial charge in [-0.1, -0.05) is 24.3 Å². The topological polar surface area (TPSA) is 183 Å². The third kappa shape index (κ3) is 7.35. The molecule has 3 aliphatic carbocycles. The van der Waals surface area contributed by atoms with Crippen molar-refractivity contribution in [2.45, 2.75) is 139 Å². The summed E-state index contributed by atoms with van der Waals surface area (Å²) in [6.07, 6.45) is 5.68. The molecule has 0 radical (unpaired) electrons. The maximum atomic E-state index is 15.4. The molecule has 7 aliphatic rings. The van der Waals surface area contributed by atoms with Gasteiger partial charge in [-0.25, -0.2) is 0 Å². The lowest BCUT2D eigenvalue weighted by Gasteiger charge is -2.50. The van der Waals surface area contributed by atoms with Crippen molar-refractivity contribution in [3.63, 3.8) is 0 Å². The summed E-state index contributed by atoms with van der Waals surface area (Å²) in [5.74, 6) is -2.12. The standard InChI is InChI=1S/C41H55N3O12/c1-39(2,3)53-31(47)15-14-28(23-46)42-36(48)29-5-4-17-43(29)38(50)40-21-30-32-33(55-41(54-32,26-10-11-26)27-12-13-27)35(40)56-44(34(40)37(49)52-30)22-25-8-6-24(7-9-25)16-19-51-20-18-45/h6-9,16,19,26-30,32-35,45-46H,4-5,10-15,17-18,20-23H2,1-3H3,(H,42,48). The average Bonchev–Trinajstić information content (AvgIpc) is 4.08. The minimum absolute atomic E-state index is 0.00549. The van der Waals surface area contributed by atoms with Crippen molar-refractivity contribution in [3.05, 3.63) is 41.7 Å². The molecule has 7 fully saturated rings. The van der Waals surface area contributed by atoms with Crippen molar-refractivity contribution in [2.24, 2.45) is 17.3 Å². The number of hydrogen-bond acceptors (Lipinski definition) is 13. The summed E-state index contributed by atoms with van der Waals surface area (Å²) in [4.78, 5) is 64.3. The molecule has 15 heteroatoms. The molecular formula is C41H55N3O12. The highest BCUT2D eigenvalue weighted by molar-refractivity contribution is 5.96. The van der Waals surface area contributed by atoms with Gasteiger partial charge >= 0.3 is 11.9 Å². The van der Waals surface area contributed by atoms with Crippen molar-refractivity contribution in [1.82, 2.24) is 15.3 Å². The van der Waals surface area contributed by atoms with Gasteiger partial charge in [-0.2, -0.15) is 5.06 Å². The second kappa shape index (κ2) is 15.3. The molecule has 1 aromatic carbocycles. The SMILES string of the molecule is CC(C)(C)OC(=O)CCC(CO)NC(=O)C1CCCN1C(=O)C12CC3OC(=O)C1N(Cc1ccc(C=COCCO)cc1)OC2C1OC(C2CC2)(C2CC2)OC31. The first-order chi connectivity index (χ1) is 26.9. The van der Waals surface area contributed by atoms with E-state index in [-0.39, 0.29) is 56.8 Å². The maximum Gasteiger partial charge on any atom is 0.327 e. The largest absolute Gasteiger partial charge is 0.499 e. The fraction of sp³-hybridized carbons (Fsp3) is 0.707. The molecule has 4 aliphatic heterocycles. The van der Waals surface area contributed by atoms with Gasteiger partial charge in [0.1, 0.15) is 48.1 Å². The second-order valence-electron chi connectivity index (χ2n) is 17.5. The van der Waals surface area contributed by atoms with Crippen molar-refractivity contribution in [1.29, 1.82) is 0 Å². The Hall–Kier alpha value is -3.60. The van der Waals surface area contributed by atoms with Gasteiger partial charge in [0, 0.05) is 31.2 Å². The van der Waals surface area contributed by atoms with Crippen LogP contribution >= 0.6 is 0 Å². The van der Waals surface area contributed by atoms with Gasteiger partial charge in [-0.05, 0) is 82.9 Å². The Morgan fingerprint density at radius 1 is 1.04 bits per heavy atom. The molecule has 3 N–H and O–H groups in total. The number of amides is 2. The minimum atomic E-state index is -1.42. The molecule has 8 atom stereocenters. The van der Waals surface area contributed by atoms with Crippen LogP contribution in [0.25, 0.3) is 6.08 Å². The monoisotopic (exact) mass is 781 g/mol. The van der Waals surface area contributed by atoms with Crippen LogP contribution in [0, 0.1) is 17.3 Å². The molecule has 1 aromatic rings.